The SMILES string of the molecule is CCCNCCCOc1ccc(C(C)CC)cc1. The highest BCUT2D eigenvalue weighted by Gasteiger charge is 2.02. The first-order valence-electron chi connectivity index (χ1n) is 7.21. The van der Waals surface area contributed by atoms with Crippen LogP contribution < -0.4 is 10.1 Å². The maximum absolute atomic E-state index is 5.71. The highest BCUT2D eigenvalue weighted by atomic mass is 16.5. The fourth-order valence-electron chi connectivity index (χ4n) is 1.82. The van der Waals surface area contributed by atoms with Gasteiger partial charge >= 0.3 is 0 Å². The molecule has 0 spiro atoms. The van der Waals surface area contributed by atoms with Crippen molar-refractivity contribution in [3.63, 3.8) is 0 Å². The maximum Gasteiger partial charge on any atom is 0.119 e. The third-order valence-electron chi connectivity index (χ3n) is 3.25. The Morgan fingerprint density at radius 1 is 1.11 bits per heavy atom. The number of hydrogen-bond donors (Lipinski definition) is 1. The van der Waals surface area contributed by atoms with E-state index >= 15 is 0 Å². The second kappa shape index (κ2) is 8.98. The first-order valence-corrected chi connectivity index (χ1v) is 7.21. The van der Waals surface area contributed by atoms with E-state index in [4.69, 9.17) is 4.74 Å². The fraction of sp³-hybridized carbons (Fsp3) is 0.625. The minimum Gasteiger partial charge on any atom is -0.494 e. The summed E-state index contributed by atoms with van der Waals surface area (Å²) in [6.07, 6.45) is 3.44. The van der Waals surface area contributed by atoms with Crippen LogP contribution in [0.15, 0.2) is 24.3 Å². The molecule has 1 rings (SSSR count). The van der Waals surface area contributed by atoms with Gasteiger partial charge in [-0.25, -0.2) is 0 Å². The first-order chi connectivity index (χ1) is 8.77. The van der Waals surface area contributed by atoms with Crippen LogP contribution in [0.3, 0.4) is 0 Å². The topological polar surface area (TPSA) is 21.3 Å². The molecular formula is C16H27NO. The Kier molecular flexibility index (Phi) is 7.51. The lowest BCUT2D eigenvalue weighted by Crippen LogP contribution is -2.18. The second-order valence-electron chi connectivity index (χ2n) is 4.83. The molecule has 0 bridgehead atoms. The third kappa shape index (κ3) is 5.54. The van der Waals surface area contributed by atoms with Crippen LogP contribution in [0, 0.1) is 0 Å². The van der Waals surface area contributed by atoms with E-state index in [-0.39, 0.29) is 0 Å². The molecule has 1 unspecified atom stereocenters. The zero-order valence-electron chi connectivity index (χ0n) is 12.0. The van der Waals surface area contributed by atoms with Crippen molar-refractivity contribution < 1.29 is 4.74 Å². The smallest absolute Gasteiger partial charge is 0.119 e. The van der Waals surface area contributed by atoms with Crippen LogP contribution in [0.5, 0.6) is 5.75 Å². The van der Waals surface area contributed by atoms with Crippen molar-refractivity contribution in [1.29, 1.82) is 0 Å². The van der Waals surface area contributed by atoms with Gasteiger partial charge in [0.15, 0.2) is 0 Å². The molecule has 0 aromatic heterocycles. The van der Waals surface area contributed by atoms with Crippen molar-refractivity contribution in [3.05, 3.63) is 29.8 Å². The Balaban J connectivity index is 2.22. The van der Waals surface area contributed by atoms with Gasteiger partial charge in [0.05, 0.1) is 6.61 Å². The lowest BCUT2D eigenvalue weighted by Gasteiger charge is -2.11. The van der Waals surface area contributed by atoms with E-state index in [0.29, 0.717) is 5.92 Å². The molecular weight excluding hydrogens is 222 g/mol. The predicted molar refractivity (Wildman–Crippen MR) is 78.4 cm³/mol. The van der Waals surface area contributed by atoms with E-state index in [1.54, 1.807) is 0 Å². The molecule has 2 nitrogen and oxygen atoms in total. The largest absolute Gasteiger partial charge is 0.494 e. The van der Waals surface area contributed by atoms with Crippen LogP contribution >= 0.6 is 0 Å². The van der Waals surface area contributed by atoms with Gasteiger partial charge in [-0.1, -0.05) is 32.9 Å². The van der Waals surface area contributed by atoms with Crippen molar-refractivity contribution in [2.75, 3.05) is 19.7 Å². The molecule has 102 valence electrons. The van der Waals surface area contributed by atoms with Gasteiger partial charge < -0.3 is 10.1 Å². The van der Waals surface area contributed by atoms with E-state index < -0.39 is 0 Å². The molecule has 0 saturated carbocycles. The standard InChI is InChI=1S/C16H27NO/c1-4-11-17-12-6-13-18-16-9-7-15(8-10-16)14(3)5-2/h7-10,14,17H,4-6,11-13H2,1-3H3. The van der Waals surface area contributed by atoms with E-state index in [0.717, 1.165) is 31.9 Å². The molecule has 0 heterocycles. The van der Waals surface area contributed by atoms with Gasteiger partial charge in [0.25, 0.3) is 0 Å². The minimum atomic E-state index is 0.636. The van der Waals surface area contributed by atoms with Crippen molar-refractivity contribution in [1.82, 2.24) is 5.32 Å². The average Bonchev–Trinajstić information content (AvgIpc) is 2.42. The average molecular weight is 249 g/mol. The van der Waals surface area contributed by atoms with Crippen LogP contribution in [-0.2, 0) is 0 Å². The zero-order chi connectivity index (χ0) is 13.2. The summed E-state index contributed by atoms with van der Waals surface area (Å²) in [7, 11) is 0. The van der Waals surface area contributed by atoms with E-state index in [1.165, 1.54) is 18.4 Å². The second-order valence-corrected chi connectivity index (χ2v) is 4.83. The van der Waals surface area contributed by atoms with Gasteiger partial charge in [-0.2, -0.15) is 0 Å². The Bertz CT molecular complexity index is 307. The number of rotatable bonds is 9. The summed E-state index contributed by atoms with van der Waals surface area (Å²) in [5, 5.41) is 3.37. The van der Waals surface area contributed by atoms with Gasteiger partial charge in [0, 0.05) is 0 Å². The highest BCUT2D eigenvalue weighted by Crippen LogP contribution is 2.21. The number of ether oxygens (including phenoxy) is 1. The Labute approximate surface area is 112 Å². The summed E-state index contributed by atoms with van der Waals surface area (Å²) in [5.41, 5.74) is 1.40. The molecule has 0 aliphatic heterocycles. The summed E-state index contributed by atoms with van der Waals surface area (Å²) in [6.45, 7) is 9.60. The zero-order valence-corrected chi connectivity index (χ0v) is 12.0. The van der Waals surface area contributed by atoms with Crippen LogP contribution in [0.4, 0.5) is 0 Å². The van der Waals surface area contributed by atoms with E-state index in [1.807, 2.05) is 0 Å². The number of benzene rings is 1. The lowest BCUT2D eigenvalue weighted by molar-refractivity contribution is 0.308. The minimum absolute atomic E-state index is 0.636. The van der Waals surface area contributed by atoms with Crippen molar-refractivity contribution in [2.45, 2.75) is 46.0 Å². The Morgan fingerprint density at radius 3 is 2.44 bits per heavy atom. The lowest BCUT2D eigenvalue weighted by atomic mass is 9.99. The summed E-state index contributed by atoms with van der Waals surface area (Å²) >= 11 is 0. The highest BCUT2D eigenvalue weighted by molar-refractivity contribution is 5.29. The van der Waals surface area contributed by atoms with Crippen molar-refractivity contribution >= 4 is 0 Å². The molecule has 2 heteroatoms. The molecule has 1 atom stereocenters. The first kappa shape index (κ1) is 15.0. The summed E-state index contributed by atoms with van der Waals surface area (Å²) < 4.78 is 5.71. The monoisotopic (exact) mass is 249 g/mol. The van der Waals surface area contributed by atoms with Crippen LogP contribution in [-0.4, -0.2) is 19.7 Å². The van der Waals surface area contributed by atoms with Crippen LogP contribution in [0.1, 0.15) is 51.5 Å². The number of nitrogens with one attached hydrogen (secondary N) is 1. The molecule has 1 N–H and O–H groups in total. The molecule has 0 radical (unpaired) electrons. The predicted octanol–water partition coefficient (Wildman–Crippen LogP) is 3.97. The third-order valence-corrected chi connectivity index (χ3v) is 3.25. The molecule has 1 aromatic carbocycles. The van der Waals surface area contributed by atoms with Crippen molar-refractivity contribution in [2.24, 2.45) is 0 Å². The van der Waals surface area contributed by atoms with Gasteiger partial charge in [-0.3, -0.25) is 0 Å². The van der Waals surface area contributed by atoms with Gasteiger partial charge in [-0.05, 0) is 56.0 Å². The van der Waals surface area contributed by atoms with E-state index in [9.17, 15) is 0 Å². The quantitative estimate of drug-likeness (QED) is 0.669. The molecule has 0 saturated heterocycles. The number of hydrogen-bond acceptors (Lipinski definition) is 2. The molecule has 0 fully saturated rings. The van der Waals surface area contributed by atoms with Gasteiger partial charge in [0.1, 0.15) is 5.75 Å². The van der Waals surface area contributed by atoms with Crippen LogP contribution in [0.2, 0.25) is 0 Å². The van der Waals surface area contributed by atoms with Crippen LogP contribution in [0.25, 0.3) is 0 Å². The molecule has 0 aliphatic rings. The molecule has 1 aromatic rings. The molecule has 0 aliphatic carbocycles. The fourth-order valence-corrected chi connectivity index (χ4v) is 1.82. The summed E-state index contributed by atoms with van der Waals surface area (Å²) in [4.78, 5) is 0. The van der Waals surface area contributed by atoms with Gasteiger partial charge in [-0.15, -0.1) is 0 Å². The molecule has 18 heavy (non-hydrogen) atoms. The molecule has 0 amide bonds. The maximum atomic E-state index is 5.71. The van der Waals surface area contributed by atoms with Crippen molar-refractivity contribution in [3.8, 4) is 5.75 Å². The van der Waals surface area contributed by atoms with Gasteiger partial charge in [0.2, 0.25) is 0 Å². The Morgan fingerprint density at radius 2 is 1.83 bits per heavy atom. The summed E-state index contributed by atoms with van der Waals surface area (Å²) in [5.74, 6) is 1.62. The Hall–Kier alpha value is -1.02. The summed E-state index contributed by atoms with van der Waals surface area (Å²) in [6, 6.07) is 8.53. The normalized spacial score (nSPS) is 12.4. The van der Waals surface area contributed by atoms with E-state index in [2.05, 4.69) is 50.4 Å².